The Morgan fingerprint density at radius 3 is 2.33 bits per heavy atom. The van der Waals surface area contributed by atoms with Crippen LogP contribution in [0.2, 0.25) is 0 Å². The lowest BCUT2D eigenvalue weighted by Gasteiger charge is -2.18. The maximum Gasteiger partial charge on any atom is 0.347 e. The van der Waals surface area contributed by atoms with E-state index in [9.17, 15) is 13.2 Å². The Hall–Kier alpha value is -1.39. The van der Waals surface area contributed by atoms with Crippen molar-refractivity contribution in [3.8, 4) is 0 Å². The Bertz CT molecular complexity index is 614. The summed E-state index contributed by atoms with van der Waals surface area (Å²) in [6.45, 7) is 12.1. The van der Waals surface area contributed by atoms with E-state index in [1.807, 2.05) is 0 Å². The molecule has 0 aliphatic rings. The topological polar surface area (TPSA) is 64.8 Å². The van der Waals surface area contributed by atoms with Crippen LogP contribution in [0.15, 0.2) is 10.3 Å². The third-order valence-corrected chi connectivity index (χ3v) is 4.68. The predicted octanol–water partition coefficient (Wildman–Crippen LogP) is 2.66. The van der Waals surface area contributed by atoms with Gasteiger partial charge in [-0.3, -0.25) is 0 Å². The highest BCUT2D eigenvalue weighted by molar-refractivity contribution is 7.93. The summed E-state index contributed by atoms with van der Waals surface area (Å²) in [5.41, 5.74) is -0.701. The van der Waals surface area contributed by atoms with E-state index in [0.29, 0.717) is 0 Å². The van der Waals surface area contributed by atoms with E-state index in [1.165, 1.54) is 6.07 Å². The van der Waals surface area contributed by atoms with Crippen molar-refractivity contribution in [1.82, 2.24) is 0 Å². The fourth-order valence-corrected chi connectivity index (χ4v) is 3.20. The molecule has 0 radical (unpaired) electrons. The smallest absolute Gasteiger partial charge is 0.347 e. The van der Waals surface area contributed by atoms with E-state index >= 15 is 0 Å². The van der Waals surface area contributed by atoms with Crippen molar-refractivity contribution in [2.45, 2.75) is 30.6 Å². The molecule has 0 atom stereocenters. The largest absolute Gasteiger partial charge is 0.456 e. The van der Waals surface area contributed by atoms with Crippen LogP contribution in [-0.4, -0.2) is 26.2 Å². The van der Waals surface area contributed by atoms with Crippen molar-refractivity contribution < 1.29 is 17.9 Å². The number of hydrogen-bond acceptors (Lipinski definition) is 5. The van der Waals surface area contributed by atoms with E-state index in [2.05, 4.69) is 4.85 Å². The van der Waals surface area contributed by atoms with Gasteiger partial charge in [0.15, 0.2) is 9.84 Å². The molecule has 18 heavy (non-hydrogen) atoms. The molecule has 0 N–H and O–H groups in total. The highest BCUT2D eigenvalue weighted by atomic mass is 32.2. The van der Waals surface area contributed by atoms with Gasteiger partial charge in [0.05, 0.1) is 6.57 Å². The molecule has 0 saturated carbocycles. The van der Waals surface area contributed by atoms with Gasteiger partial charge in [-0.1, -0.05) is 0 Å². The molecule has 0 amide bonds. The minimum atomic E-state index is -3.50. The van der Waals surface area contributed by atoms with Crippen LogP contribution in [0.1, 0.15) is 30.4 Å². The molecular formula is C11H13NO4S2. The van der Waals surface area contributed by atoms with Crippen LogP contribution in [0.4, 0.5) is 5.69 Å². The van der Waals surface area contributed by atoms with Gasteiger partial charge in [-0.15, -0.1) is 11.3 Å². The Kier molecular flexibility index (Phi) is 3.84. The van der Waals surface area contributed by atoms with Crippen molar-refractivity contribution >= 4 is 32.8 Å². The Labute approximate surface area is 110 Å². The number of hydrogen-bond donors (Lipinski definition) is 0. The number of nitrogens with zero attached hydrogens (tertiary/aromatic N) is 1. The van der Waals surface area contributed by atoms with Crippen LogP contribution in [0.25, 0.3) is 4.85 Å². The second-order valence-electron chi connectivity index (χ2n) is 4.67. The first-order valence-electron chi connectivity index (χ1n) is 4.99. The zero-order chi connectivity index (χ0) is 14.1. The average molecular weight is 287 g/mol. The normalized spacial score (nSPS) is 11.9. The van der Waals surface area contributed by atoms with Crippen LogP contribution < -0.4 is 0 Å². The molecule has 0 unspecified atom stereocenters. The van der Waals surface area contributed by atoms with Gasteiger partial charge in [0, 0.05) is 6.26 Å². The molecule has 7 heteroatoms. The SMILES string of the molecule is [C-]#[N+]c1cc(C(=O)OC(C)(C)C)sc1S(C)(=O)=O. The first-order valence-corrected chi connectivity index (χ1v) is 7.70. The molecule has 0 bridgehead atoms. The zero-order valence-electron chi connectivity index (χ0n) is 10.5. The van der Waals surface area contributed by atoms with Gasteiger partial charge >= 0.3 is 5.97 Å². The Balaban J connectivity index is 3.20. The lowest BCUT2D eigenvalue weighted by Crippen LogP contribution is -2.23. The molecule has 1 aromatic rings. The van der Waals surface area contributed by atoms with Crippen LogP contribution in [0.5, 0.6) is 0 Å². The fourth-order valence-electron chi connectivity index (χ4n) is 1.14. The first-order chi connectivity index (χ1) is 8.04. The molecule has 1 aromatic heterocycles. The van der Waals surface area contributed by atoms with Crippen molar-refractivity contribution in [3.05, 3.63) is 22.4 Å². The van der Waals surface area contributed by atoms with Crippen molar-refractivity contribution in [2.24, 2.45) is 0 Å². The van der Waals surface area contributed by atoms with Gasteiger partial charge in [-0.05, 0) is 26.8 Å². The number of esters is 1. The molecule has 98 valence electrons. The number of sulfone groups is 1. The summed E-state index contributed by atoms with van der Waals surface area (Å²) in [5, 5.41) is 0. The molecule has 0 saturated heterocycles. The quantitative estimate of drug-likeness (QED) is 0.619. The molecule has 1 rings (SSSR count). The molecule has 0 spiro atoms. The van der Waals surface area contributed by atoms with Crippen LogP contribution in [0.3, 0.4) is 0 Å². The van der Waals surface area contributed by atoms with Crippen molar-refractivity contribution in [2.75, 3.05) is 6.26 Å². The highest BCUT2D eigenvalue weighted by Crippen LogP contribution is 2.34. The van der Waals surface area contributed by atoms with Gasteiger partial charge in [0.2, 0.25) is 5.69 Å². The third-order valence-electron chi connectivity index (χ3n) is 1.74. The molecule has 0 aliphatic carbocycles. The van der Waals surface area contributed by atoms with Gasteiger partial charge in [-0.25, -0.2) is 18.1 Å². The monoisotopic (exact) mass is 287 g/mol. The van der Waals surface area contributed by atoms with E-state index in [0.717, 1.165) is 17.6 Å². The molecule has 0 fully saturated rings. The lowest BCUT2D eigenvalue weighted by molar-refractivity contribution is 0.00752. The molecule has 0 aliphatic heterocycles. The van der Waals surface area contributed by atoms with E-state index in [4.69, 9.17) is 11.3 Å². The maximum absolute atomic E-state index is 11.8. The van der Waals surface area contributed by atoms with Crippen LogP contribution in [0, 0.1) is 6.57 Å². The summed E-state index contributed by atoms with van der Waals surface area (Å²) in [6.07, 6.45) is 1.01. The minimum absolute atomic E-state index is 0.0386. The average Bonchev–Trinajstić information content (AvgIpc) is 2.57. The molecule has 1 heterocycles. The second-order valence-corrected chi connectivity index (χ2v) is 7.93. The predicted molar refractivity (Wildman–Crippen MR) is 68.9 cm³/mol. The summed E-state index contributed by atoms with van der Waals surface area (Å²) in [6, 6.07) is 1.25. The summed E-state index contributed by atoms with van der Waals surface area (Å²) >= 11 is 0.764. The van der Waals surface area contributed by atoms with Gasteiger partial charge in [0.25, 0.3) is 0 Å². The number of carbonyl (C=O) groups is 1. The minimum Gasteiger partial charge on any atom is -0.456 e. The summed E-state index contributed by atoms with van der Waals surface area (Å²) in [4.78, 5) is 15.0. The van der Waals surface area contributed by atoms with Gasteiger partial charge < -0.3 is 4.74 Å². The summed E-state index contributed by atoms with van der Waals surface area (Å²) in [5.74, 6) is -0.618. The van der Waals surface area contributed by atoms with Crippen LogP contribution in [-0.2, 0) is 14.6 Å². The lowest BCUT2D eigenvalue weighted by atomic mass is 10.2. The number of rotatable bonds is 2. The highest BCUT2D eigenvalue weighted by Gasteiger charge is 2.24. The number of carbonyl (C=O) groups excluding carboxylic acids is 1. The standard InChI is InChI=1S/C11H13NO4S2/c1-11(2,3)16-9(13)8-6-7(12-4)10(17-8)18(5,14)15/h6H,1-3,5H3. The summed E-state index contributed by atoms with van der Waals surface area (Å²) < 4.78 is 27.9. The summed E-state index contributed by atoms with van der Waals surface area (Å²) in [7, 11) is -3.50. The number of thiophene rings is 1. The molecular weight excluding hydrogens is 274 g/mol. The van der Waals surface area contributed by atoms with E-state index in [-0.39, 0.29) is 14.8 Å². The number of ether oxygens (including phenoxy) is 1. The maximum atomic E-state index is 11.8. The molecule has 5 nitrogen and oxygen atoms in total. The van der Waals surface area contributed by atoms with E-state index < -0.39 is 21.4 Å². The third kappa shape index (κ3) is 3.55. The van der Waals surface area contributed by atoms with Gasteiger partial charge in [-0.2, -0.15) is 0 Å². The fraction of sp³-hybridized carbons (Fsp3) is 0.455. The second kappa shape index (κ2) is 4.71. The first kappa shape index (κ1) is 14.7. The zero-order valence-corrected chi connectivity index (χ0v) is 12.1. The van der Waals surface area contributed by atoms with Gasteiger partial charge in [0.1, 0.15) is 14.7 Å². The Morgan fingerprint density at radius 1 is 1.44 bits per heavy atom. The van der Waals surface area contributed by atoms with Crippen molar-refractivity contribution in [3.63, 3.8) is 0 Å². The van der Waals surface area contributed by atoms with E-state index in [1.54, 1.807) is 20.8 Å². The van der Waals surface area contributed by atoms with Crippen molar-refractivity contribution in [1.29, 1.82) is 0 Å². The Morgan fingerprint density at radius 2 is 2.00 bits per heavy atom. The molecule has 0 aromatic carbocycles. The van der Waals surface area contributed by atoms with Crippen LogP contribution >= 0.6 is 11.3 Å².